The summed E-state index contributed by atoms with van der Waals surface area (Å²) < 4.78 is 46.4. The molecule has 1 unspecified atom stereocenters. The van der Waals surface area contributed by atoms with Gasteiger partial charge in [0.15, 0.2) is 5.82 Å². The first-order chi connectivity index (χ1) is 21.7. The molecule has 2 saturated heterocycles. The third kappa shape index (κ3) is 6.86. The van der Waals surface area contributed by atoms with Crippen molar-refractivity contribution in [3.63, 3.8) is 0 Å². The van der Waals surface area contributed by atoms with E-state index in [1.54, 1.807) is 6.07 Å². The normalized spacial score (nSPS) is 18.5. The Bertz CT molecular complexity index is 1750. The second-order valence-electron chi connectivity index (χ2n) is 11.5. The molecular weight excluding hydrogens is 633 g/mol. The minimum Gasteiger partial charge on any atom is -0.393 e. The molecule has 11 heteroatoms. The molecule has 7 nitrogen and oxygen atoms in total. The van der Waals surface area contributed by atoms with E-state index < -0.39 is 27.8 Å². The number of piperidine rings is 2. The highest BCUT2D eigenvalue weighted by molar-refractivity contribution is 7.91. The molecule has 0 radical (unpaired) electrons. The number of aliphatic hydroxyl groups excluding tert-OH is 1. The van der Waals surface area contributed by atoms with Crippen LogP contribution in [0.1, 0.15) is 36.8 Å². The molecular formula is C34H35ClFN3O4S2. The second-order valence-corrected chi connectivity index (χ2v) is 15.4. The van der Waals surface area contributed by atoms with E-state index in [-0.39, 0.29) is 29.1 Å². The number of nitrogens with zero attached hydrogens (tertiary/aromatic N) is 3. The molecule has 2 aliphatic rings. The van der Waals surface area contributed by atoms with Crippen LogP contribution in [-0.4, -0.2) is 60.4 Å². The monoisotopic (exact) mass is 667 g/mol. The molecule has 6 rings (SSSR count). The number of carbonyl (C=O) groups excluding carboxylic acids is 1. The molecule has 45 heavy (non-hydrogen) atoms. The number of rotatable bonds is 9. The van der Waals surface area contributed by atoms with Crippen molar-refractivity contribution in [2.45, 2.75) is 55.1 Å². The number of benzene rings is 3. The van der Waals surface area contributed by atoms with Gasteiger partial charge in [-0.3, -0.25) is 9.69 Å². The van der Waals surface area contributed by atoms with Gasteiger partial charge in [0.2, 0.25) is 5.91 Å². The van der Waals surface area contributed by atoms with E-state index in [0.717, 1.165) is 28.0 Å². The Morgan fingerprint density at radius 2 is 1.60 bits per heavy atom. The molecule has 236 valence electrons. The molecule has 0 saturated carbocycles. The van der Waals surface area contributed by atoms with Crippen molar-refractivity contribution in [3.05, 3.63) is 106 Å². The largest absolute Gasteiger partial charge is 0.393 e. The maximum absolute atomic E-state index is 16.8. The summed E-state index contributed by atoms with van der Waals surface area (Å²) >= 11 is 7.07. The minimum atomic E-state index is -4.10. The molecule has 0 aliphatic carbocycles. The quantitative estimate of drug-likeness (QED) is 0.219. The maximum atomic E-state index is 16.8. The van der Waals surface area contributed by atoms with Gasteiger partial charge in [-0.2, -0.15) is 4.31 Å². The van der Waals surface area contributed by atoms with E-state index in [1.165, 1.54) is 21.3 Å². The number of thiophene rings is 1. The molecule has 0 spiro atoms. The summed E-state index contributed by atoms with van der Waals surface area (Å²) in [6.07, 6.45) is 1.70. The lowest BCUT2D eigenvalue weighted by molar-refractivity contribution is -0.123. The number of sulfonamides is 1. The van der Waals surface area contributed by atoms with Gasteiger partial charge in [0, 0.05) is 38.3 Å². The van der Waals surface area contributed by atoms with E-state index >= 15 is 4.39 Å². The molecule has 4 aromatic rings. The van der Waals surface area contributed by atoms with Crippen LogP contribution in [0.2, 0.25) is 4.34 Å². The van der Waals surface area contributed by atoms with Gasteiger partial charge < -0.3 is 10.0 Å². The van der Waals surface area contributed by atoms with Gasteiger partial charge in [0.1, 0.15) is 10.3 Å². The standard InChI is InChI=1S/C34H35ClFN3O4S2/c35-31-15-16-32(44-31)45(42,43)39(22-24-8-3-1-4-9-24)30-12-7-19-38(34(30)41)29-14-13-27(25-10-5-2-6-11-25)28(33(29)36)23-37-20-17-26(40)18-21-37/h1-6,8-11,13-16,26,30,40H,7,12,17-23H2. The molecule has 1 atom stereocenters. The van der Waals surface area contributed by atoms with E-state index in [4.69, 9.17) is 11.6 Å². The zero-order chi connectivity index (χ0) is 31.6. The molecule has 0 bridgehead atoms. The summed E-state index contributed by atoms with van der Waals surface area (Å²) in [5, 5.41) is 10.0. The van der Waals surface area contributed by atoms with Crippen molar-refractivity contribution in [1.82, 2.24) is 9.21 Å². The highest BCUT2D eigenvalue weighted by Gasteiger charge is 2.42. The molecule has 2 fully saturated rings. The summed E-state index contributed by atoms with van der Waals surface area (Å²) in [5.74, 6) is -0.944. The number of halogens is 2. The summed E-state index contributed by atoms with van der Waals surface area (Å²) in [7, 11) is -4.10. The predicted molar refractivity (Wildman–Crippen MR) is 176 cm³/mol. The number of hydrogen-bond acceptors (Lipinski definition) is 6. The van der Waals surface area contributed by atoms with Crippen molar-refractivity contribution >= 4 is 44.6 Å². The van der Waals surface area contributed by atoms with Crippen LogP contribution in [0.3, 0.4) is 0 Å². The van der Waals surface area contributed by atoms with Crippen LogP contribution in [-0.2, 0) is 27.9 Å². The van der Waals surface area contributed by atoms with Crippen LogP contribution in [0.15, 0.2) is 89.1 Å². The minimum absolute atomic E-state index is 0.00950. The number of hydrogen-bond donors (Lipinski definition) is 1. The molecule has 3 heterocycles. The van der Waals surface area contributed by atoms with E-state index in [2.05, 4.69) is 4.90 Å². The van der Waals surface area contributed by atoms with Gasteiger partial charge in [-0.15, -0.1) is 11.3 Å². The Labute approximate surface area is 272 Å². The fourth-order valence-corrected chi connectivity index (χ4v) is 9.41. The van der Waals surface area contributed by atoms with Crippen molar-refractivity contribution in [2.24, 2.45) is 0 Å². The van der Waals surface area contributed by atoms with E-state index in [9.17, 15) is 18.3 Å². The van der Waals surface area contributed by atoms with Gasteiger partial charge in [-0.05, 0) is 60.6 Å². The lowest BCUT2D eigenvalue weighted by Gasteiger charge is -2.38. The predicted octanol–water partition coefficient (Wildman–Crippen LogP) is 6.55. The first-order valence-electron chi connectivity index (χ1n) is 15.1. The van der Waals surface area contributed by atoms with Crippen LogP contribution in [0.25, 0.3) is 11.1 Å². The molecule has 1 amide bonds. The van der Waals surface area contributed by atoms with Crippen molar-refractivity contribution in [3.8, 4) is 11.1 Å². The number of amides is 1. The van der Waals surface area contributed by atoms with E-state index in [0.29, 0.717) is 55.2 Å². The summed E-state index contributed by atoms with van der Waals surface area (Å²) in [5.41, 5.74) is 2.97. The Hall–Kier alpha value is -3.12. The first-order valence-corrected chi connectivity index (χ1v) is 17.8. The van der Waals surface area contributed by atoms with Gasteiger partial charge >= 0.3 is 0 Å². The van der Waals surface area contributed by atoms with Crippen LogP contribution in [0.4, 0.5) is 10.1 Å². The number of carbonyl (C=O) groups is 1. The third-order valence-electron chi connectivity index (χ3n) is 8.59. The Kier molecular flexibility index (Phi) is 9.70. The summed E-state index contributed by atoms with van der Waals surface area (Å²) in [4.78, 5) is 17.8. The topological polar surface area (TPSA) is 81.2 Å². The fraction of sp³-hybridized carbons (Fsp3) is 0.324. The fourth-order valence-electron chi connectivity index (χ4n) is 6.20. The summed E-state index contributed by atoms with van der Waals surface area (Å²) in [6.45, 7) is 1.88. The van der Waals surface area contributed by atoms with Crippen molar-refractivity contribution in [1.29, 1.82) is 0 Å². The molecule has 3 aromatic carbocycles. The lowest BCUT2D eigenvalue weighted by atomic mass is 9.95. The Morgan fingerprint density at radius 1 is 0.911 bits per heavy atom. The van der Waals surface area contributed by atoms with Gasteiger partial charge in [-0.1, -0.05) is 78.3 Å². The molecule has 2 aliphatic heterocycles. The smallest absolute Gasteiger partial charge is 0.253 e. The number of likely N-dealkylation sites (tertiary alicyclic amines) is 1. The van der Waals surface area contributed by atoms with Gasteiger partial charge in [0.05, 0.1) is 16.1 Å². The third-order valence-corrected chi connectivity index (χ3v) is 12.1. The van der Waals surface area contributed by atoms with Gasteiger partial charge in [0.25, 0.3) is 10.0 Å². The Balaban J connectivity index is 1.37. The van der Waals surface area contributed by atoms with Gasteiger partial charge in [-0.25, -0.2) is 12.8 Å². The lowest BCUT2D eigenvalue weighted by Crippen LogP contribution is -2.54. The molecule has 1 N–H and O–H groups in total. The zero-order valence-electron chi connectivity index (χ0n) is 24.7. The second kappa shape index (κ2) is 13.7. The van der Waals surface area contributed by atoms with Crippen LogP contribution >= 0.6 is 22.9 Å². The average Bonchev–Trinajstić information content (AvgIpc) is 3.50. The maximum Gasteiger partial charge on any atom is 0.253 e. The average molecular weight is 668 g/mol. The van der Waals surface area contributed by atoms with Crippen LogP contribution < -0.4 is 4.90 Å². The molecule has 1 aromatic heterocycles. The van der Waals surface area contributed by atoms with Crippen molar-refractivity contribution < 1.29 is 22.7 Å². The van der Waals surface area contributed by atoms with E-state index in [1.807, 2.05) is 66.7 Å². The number of anilines is 1. The SMILES string of the molecule is O=C1C(N(Cc2ccccc2)S(=O)(=O)c2ccc(Cl)s2)CCCN1c1ccc(-c2ccccc2)c(CN2CCC(O)CC2)c1F. The zero-order valence-corrected chi connectivity index (χ0v) is 27.1. The summed E-state index contributed by atoms with van der Waals surface area (Å²) in [6, 6.07) is 24.2. The first kappa shape index (κ1) is 31.8. The van der Waals surface area contributed by atoms with Crippen LogP contribution in [0.5, 0.6) is 0 Å². The van der Waals surface area contributed by atoms with Crippen LogP contribution in [0, 0.1) is 5.82 Å². The highest BCUT2D eigenvalue weighted by atomic mass is 35.5. The number of aliphatic hydroxyl groups is 1. The van der Waals surface area contributed by atoms with Crippen molar-refractivity contribution in [2.75, 3.05) is 24.5 Å². The highest BCUT2D eigenvalue weighted by Crippen LogP contribution is 2.37. The Morgan fingerprint density at radius 3 is 2.27 bits per heavy atom.